The van der Waals surface area contributed by atoms with Crippen LogP contribution in [0.4, 0.5) is 0 Å². The van der Waals surface area contributed by atoms with Gasteiger partial charge in [0.2, 0.25) is 0 Å². The van der Waals surface area contributed by atoms with E-state index in [1.54, 1.807) is 18.2 Å². The van der Waals surface area contributed by atoms with Gasteiger partial charge in [-0.25, -0.2) is 0 Å². The molecule has 1 fully saturated rings. The lowest BCUT2D eigenvalue weighted by molar-refractivity contribution is -0.0328. The van der Waals surface area contributed by atoms with Crippen LogP contribution >= 0.6 is 11.6 Å². The van der Waals surface area contributed by atoms with Crippen LogP contribution in [0.5, 0.6) is 5.75 Å². The van der Waals surface area contributed by atoms with Crippen LogP contribution in [0, 0.1) is 0 Å². The molecule has 0 bridgehead atoms. The Balaban J connectivity index is 1.94. The highest BCUT2D eigenvalue weighted by atomic mass is 35.5. The number of aliphatic hydroxyl groups is 1. The molecule has 100 valence electrons. The van der Waals surface area contributed by atoms with Crippen molar-refractivity contribution in [2.24, 2.45) is 0 Å². The summed E-state index contributed by atoms with van der Waals surface area (Å²) in [6, 6.07) is 5.26. The fraction of sp³-hybridized carbons (Fsp3) is 0.571. The third-order valence-electron chi connectivity index (χ3n) is 3.17. The lowest BCUT2D eigenvalue weighted by Crippen LogP contribution is -2.24. The molecular formula is C14H19ClO3. The minimum atomic E-state index is -0.0765. The van der Waals surface area contributed by atoms with Crippen LogP contribution < -0.4 is 4.74 Å². The number of benzene rings is 1. The van der Waals surface area contributed by atoms with E-state index in [1.807, 2.05) is 0 Å². The van der Waals surface area contributed by atoms with Crippen molar-refractivity contribution in [2.75, 3.05) is 6.61 Å². The molecule has 0 aromatic heterocycles. The van der Waals surface area contributed by atoms with Crippen molar-refractivity contribution >= 4 is 11.6 Å². The Kier molecular flexibility index (Phi) is 4.15. The van der Waals surface area contributed by atoms with Gasteiger partial charge in [-0.1, -0.05) is 11.6 Å². The maximum atomic E-state index is 9.25. The molecule has 3 nitrogen and oxygen atoms in total. The first kappa shape index (κ1) is 13.7. The molecule has 1 aromatic rings. The molecule has 1 aromatic carbocycles. The second-order valence-corrected chi connectivity index (χ2v) is 5.70. The predicted octanol–water partition coefficient (Wildman–Crippen LogP) is 3.17. The molecule has 0 amide bonds. The van der Waals surface area contributed by atoms with Crippen LogP contribution in [-0.2, 0) is 11.3 Å². The minimum Gasteiger partial charge on any atom is -0.491 e. The van der Waals surface area contributed by atoms with E-state index >= 15 is 0 Å². The van der Waals surface area contributed by atoms with Gasteiger partial charge in [-0.3, -0.25) is 0 Å². The van der Waals surface area contributed by atoms with Crippen molar-refractivity contribution in [1.82, 2.24) is 0 Å². The zero-order valence-electron chi connectivity index (χ0n) is 10.8. The van der Waals surface area contributed by atoms with E-state index in [2.05, 4.69) is 13.8 Å². The summed E-state index contributed by atoms with van der Waals surface area (Å²) in [7, 11) is 0. The van der Waals surface area contributed by atoms with E-state index < -0.39 is 0 Å². The van der Waals surface area contributed by atoms with Gasteiger partial charge in [0.05, 0.1) is 18.3 Å². The maximum Gasteiger partial charge on any atom is 0.125 e. The Hall–Kier alpha value is -0.770. The molecule has 1 unspecified atom stereocenters. The van der Waals surface area contributed by atoms with Gasteiger partial charge in [-0.15, -0.1) is 0 Å². The molecular weight excluding hydrogens is 252 g/mol. The quantitative estimate of drug-likeness (QED) is 0.913. The summed E-state index contributed by atoms with van der Waals surface area (Å²) in [6.45, 7) is 4.62. The van der Waals surface area contributed by atoms with Crippen LogP contribution in [0.2, 0.25) is 5.02 Å². The van der Waals surface area contributed by atoms with Gasteiger partial charge < -0.3 is 14.6 Å². The van der Waals surface area contributed by atoms with E-state index in [0.717, 1.165) is 12.8 Å². The van der Waals surface area contributed by atoms with Gasteiger partial charge in [0, 0.05) is 10.6 Å². The highest BCUT2D eigenvalue weighted by Gasteiger charge is 2.31. The maximum absolute atomic E-state index is 9.25. The smallest absolute Gasteiger partial charge is 0.125 e. The van der Waals surface area contributed by atoms with Gasteiger partial charge in [0.1, 0.15) is 12.4 Å². The first-order chi connectivity index (χ1) is 8.50. The Bertz CT molecular complexity index is 418. The van der Waals surface area contributed by atoms with Gasteiger partial charge in [-0.05, 0) is 44.9 Å². The Morgan fingerprint density at radius 3 is 2.89 bits per heavy atom. The fourth-order valence-corrected chi connectivity index (χ4v) is 2.38. The highest BCUT2D eigenvalue weighted by molar-refractivity contribution is 6.30. The van der Waals surface area contributed by atoms with Crippen molar-refractivity contribution in [3.8, 4) is 5.75 Å². The van der Waals surface area contributed by atoms with Crippen LogP contribution in [0.1, 0.15) is 32.3 Å². The molecule has 1 N–H and O–H groups in total. The molecule has 4 heteroatoms. The second kappa shape index (κ2) is 5.47. The zero-order valence-corrected chi connectivity index (χ0v) is 11.5. The van der Waals surface area contributed by atoms with Crippen molar-refractivity contribution in [3.05, 3.63) is 28.8 Å². The van der Waals surface area contributed by atoms with E-state index in [-0.39, 0.29) is 18.3 Å². The number of ether oxygens (including phenoxy) is 2. The number of hydrogen-bond donors (Lipinski definition) is 1. The van der Waals surface area contributed by atoms with Crippen molar-refractivity contribution in [1.29, 1.82) is 0 Å². The molecule has 0 spiro atoms. The minimum absolute atomic E-state index is 0.0478. The molecule has 1 saturated heterocycles. The lowest BCUT2D eigenvalue weighted by atomic mass is 10.1. The molecule has 1 heterocycles. The summed E-state index contributed by atoms with van der Waals surface area (Å²) in [6.07, 6.45) is 2.19. The summed E-state index contributed by atoms with van der Waals surface area (Å²) >= 11 is 5.87. The number of hydrogen-bond acceptors (Lipinski definition) is 3. The third kappa shape index (κ3) is 3.37. The molecule has 0 saturated carbocycles. The second-order valence-electron chi connectivity index (χ2n) is 5.26. The largest absolute Gasteiger partial charge is 0.491 e. The van der Waals surface area contributed by atoms with Crippen LogP contribution in [0.15, 0.2) is 18.2 Å². The highest BCUT2D eigenvalue weighted by Crippen LogP contribution is 2.30. The van der Waals surface area contributed by atoms with Crippen molar-refractivity contribution in [3.63, 3.8) is 0 Å². The zero-order chi connectivity index (χ0) is 13.2. The summed E-state index contributed by atoms with van der Waals surface area (Å²) in [5, 5.41) is 9.85. The Morgan fingerprint density at radius 2 is 2.28 bits per heavy atom. The summed E-state index contributed by atoms with van der Waals surface area (Å²) in [4.78, 5) is 0. The van der Waals surface area contributed by atoms with Gasteiger partial charge >= 0.3 is 0 Å². The van der Waals surface area contributed by atoms with Gasteiger partial charge in [-0.2, -0.15) is 0 Å². The summed E-state index contributed by atoms with van der Waals surface area (Å²) < 4.78 is 11.6. The van der Waals surface area contributed by atoms with E-state index in [4.69, 9.17) is 21.1 Å². The van der Waals surface area contributed by atoms with E-state index in [1.165, 1.54) is 0 Å². The third-order valence-corrected chi connectivity index (χ3v) is 3.41. The normalized spacial score (nSPS) is 22.1. The number of aliphatic hydroxyl groups excluding tert-OH is 1. The van der Waals surface area contributed by atoms with Gasteiger partial charge in [0.25, 0.3) is 0 Å². The molecule has 0 radical (unpaired) electrons. The summed E-state index contributed by atoms with van der Waals surface area (Å²) in [5.41, 5.74) is 0.660. The summed E-state index contributed by atoms with van der Waals surface area (Å²) in [5.74, 6) is 0.676. The van der Waals surface area contributed by atoms with Crippen LogP contribution in [0.25, 0.3) is 0 Å². The van der Waals surface area contributed by atoms with Crippen LogP contribution in [-0.4, -0.2) is 23.4 Å². The number of halogens is 1. The predicted molar refractivity (Wildman–Crippen MR) is 71.1 cm³/mol. The molecule has 2 rings (SSSR count). The molecule has 1 aliphatic rings. The monoisotopic (exact) mass is 270 g/mol. The Labute approximate surface area is 113 Å². The topological polar surface area (TPSA) is 38.7 Å². The fourth-order valence-electron chi connectivity index (χ4n) is 2.19. The average molecular weight is 271 g/mol. The van der Waals surface area contributed by atoms with E-state index in [0.29, 0.717) is 22.9 Å². The van der Waals surface area contributed by atoms with Crippen molar-refractivity contribution < 1.29 is 14.6 Å². The molecule has 0 aliphatic carbocycles. The lowest BCUT2D eigenvalue weighted by Gasteiger charge is -2.20. The molecule has 18 heavy (non-hydrogen) atoms. The molecule has 1 aliphatic heterocycles. The Morgan fingerprint density at radius 1 is 1.50 bits per heavy atom. The SMILES string of the molecule is CC1(C)CCC(COc2ccc(Cl)cc2CO)O1. The van der Waals surface area contributed by atoms with Crippen molar-refractivity contribution in [2.45, 2.75) is 45.0 Å². The average Bonchev–Trinajstić information content (AvgIpc) is 2.67. The van der Waals surface area contributed by atoms with E-state index in [9.17, 15) is 5.11 Å². The first-order valence-corrected chi connectivity index (χ1v) is 6.58. The van der Waals surface area contributed by atoms with Crippen LogP contribution in [0.3, 0.4) is 0 Å². The standard InChI is InChI=1S/C14H19ClO3/c1-14(2)6-5-12(18-14)9-17-13-4-3-11(15)7-10(13)8-16/h3-4,7,12,16H,5-6,8-9H2,1-2H3. The van der Waals surface area contributed by atoms with Gasteiger partial charge in [0.15, 0.2) is 0 Å². The molecule has 1 atom stereocenters. The first-order valence-electron chi connectivity index (χ1n) is 6.20. The number of rotatable bonds is 4.